The Bertz CT molecular complexity index is 264. The number of rotatable bonds is 2. The summed E-state index contributed by atoms with van der Waals surface area (Å²) in [4.78, 5) is 9.94. The summed E-state index contributed by atoms with van der Waals surface area (Å²) >= 11 is 16.4. The molecule has 1 aliphatic heterocycles. The third-order valence-electron chi connectivity index (χ3n) is 0.919. The molecule has 5 nitrogen and oxygen atoms in total. The molecular formula is C4H2Cl3N3O2. The van der Waals surface area contributed by atoms with Crippen LogP contribution in [0, 0.1) is 0 Å². The van der Waals surface area contributed by atoms with Crippen LogP contribution >= 0.6 is 35.0 Å². The highest BCUT2D eigenvalue weighted by atomic mass is 35.5. The molecule has 0 atom stereocenters. The average molecular weight is 230 g/mol. The SMILES string of the molecule is O=COC1=C(Cl)NN(Cl)N=C1Cl. The smallest absolute Gasteiger partial charge is 0.298 e. The molecule has 0 aromatic carbocycles. The maximum atomic E-state index is 9.94. The van der Waals surface area contributed by atoms with Crippen molar-refractivity contribution in [2.24, 2.45) is 5.10 Å². The molecule has 0 spiro atoms. The summed E-state index contributed by atoms with van der Waals surface area (Å²) in [5, 5.41) is 3.35. The van der Waals surface area contributed by atoms with Crippen LogP contribution < -0.4 is 5.43 Å². The second kappa shape index (κ2) is 3.84. The van der Waals surface area contributed by atoms with Crippen molar-refractivity contribution in [2.75, 3.05) is 0 Å². The van der Waals surface area contributed by atoms with E-state index in [4.69, 9.17) is 35.0 Å². The Labute approximate surface area is 82.6 Å². The van der Waals surface area contributed by atoms with E-state index in [1.54, 1.807) is 0 Å². The fourth-order valence-corrected chi connectivity index (χ4v) is 1.24. The molecule has 0 radical (unpaired) electrons. The quantitative estimate of drug-likeness (QED) is 0.438. The Kier molecular flexibility index (Phi) is 3.02. The van der Waals surface area contributed by atoms with Gasteiger partial charge in [0.2, 0.25) is 5.76 Å². The van der Waals surface area contributed by atoms with Gasteiger partial charge in [-0.25, -0.2) is 0 Å². The van der Waals surface area contributed by atoms with E-state index in [2.05, 4.69) is 15.3 Å². The molecular weight excluding hydrogens is 228 g/mol. The summed E-state index contributed by atoms with van der Waals surface area (Å²) in [5.74, 6) is -0.0646. The highest BCUT2D eigenvalue weighted by molar-refractivity contribution is 6.70. The number of allylic oxidation sites excluding steroid dienone is 1. The molecule has 8 heteroatoms. The minimum Gasteiger partial charge on any atom is -0.422 e. The molecule has 0 saturated heterocycles. The Hall–Kier alpha value is -0.650. The summed E-state index contributed by atoms with van der Waals surface area (Å²) in [6.07, 6.45) is 0. The van der Waals surface area contributed by atoms with Crippen molar-refractivity contribution in [1.29, 1.82) is 0 Å². The van der Waals surface area contributed by atoms with Crippen molar-refractivity contribution in [3.05, 3.63) is 10.9 Å². The van der Waals surface area contributed by atoms with Crippen LogP contribution in [0.2, 0.25) is 0 Å². The Morgan fingerprint density at radius 2 is 2.25 bits per heavy atom. The van der Waals surface area contributed by atoms with E-state index < -0.39 is 0 Å². The number of ether oxygens (including phenoxy) is 1. The van der Waals surface area contributed by atoms with Crippen LogP contribution in [0.1, 0.15) is 0 Å². The van der Waals surface area contributed by atoms with Crippen LogP contribution in [-0.2, 0) is 9.53 Å². The summed E-state index contributed by atoms with van der Waals surface area (Å²) in [7, 11) is 0. The van der Waals surface area contributed by atoms with E-state index in [9.17, 15) is 4.79 Å². The predicted octanol–water partition coefficient (Wildman–Crippen LogP) is 1.09. The van der Waals surface area contributed by atoms with Crippen LogP contribution in [-0.4, -0.2) is 16.3 Å². The standard InChI is InChI=1S/C4H2Cl3N3O2/c5-3-2(12-1-11)4(6)9-10(7)8-3/h1,8H. The maximum absolute atomic E-state index is 9.94. The van der Waals surface area contributed by atoms with Crippen molar-refractivity contribution < 1.29 is 9.53 Å². The molecule has 0 aromatic rings. The molecule has 0 fully saturated rings. The second-order valence-corrected chi connectivity index (χ2v) is 2.68. The minimum atomic E-state index is -0.110. The summed E-state index contributed by atoms with van der Waals surface area (Å²) in [6.45, 7) is 0.182. The van der Waals surface area contributed by atoms with Gasteiger partial charge >= 0.3 is 0 Å². The third-order valence-corrected chi connectivity index (χ3v) is 1.58. The van der Waals surface area contributed by atoms with Crippen LogP contribution in [0.15, 0.2) is 16.0 Å². The topological polar surface area (TPSA) is 53.9 Å². The molecule has 12 heavy (non-hydrogen) atoms. The zero-order valence-electron chi connectivity index (χ0n) is 5.42. The molecule has 66 valence electrons. The number of nitrogens with one attached hydrogen (secondary N) is 1. The van der Waals surface area contributed by atoms with Crippen molar-refractivity contribution in [3.8, 4) is 0 Å². The monoisotopic (exact) mass is 229 g/mol. The predicted molar refractivity (Wildman–Crippen MR) is 44.1 cm³/mol. The van der Waals surface area contributed by atoms with E-state index >= 15 is 0 Å². The number of carbonyl (C=O) groups excluding carboxylic acids is 1. The summed E-state index contributed by atoms with van der Waals surface area (Å²) in [5.41, 5.74) is 2.33. The normalized spacial score (nSPS) is 16.9. The van der Waals surface area contributed by atoms with Crippen LogP contribution in [0.4, 0.5) is 0 Å². The van der Waals surface area contributed by atoms with Crippen molar-refractivity contribution in [1.82, 2.24) is 10.1 Å². The van der Waals surface area contributed by atoms with Gasteiger partial charge in [-0.3, -0.25) is 10.2 Å². The zero-order chi connectivity index (χ0) is 9.14. The first-order chi connectivity index (χ1) is 5.65. The fourth-order valence-electron chi connectivity index (χ4n) is 0.518. The van der Waals surface area contributed by atoms with E-state index in [0.29, 0.717) is 0 Å². The lowest BCUT2D eigenvalue weighted by molar-refractivity contribution is -0.124. The van der Waals surface area contributed by atoms with Gasteiger partial charge in [0.15, 0.2) is 10.3 Å². The van der Waals surface area contributed by atoms with Crippen LogP contribution in [0.25, 0.3) is 0 Å². The van der Waals surface area contributed by atoms with Gasteiger partial charge in [-0.05, 0) is 0 Å². The van der Waals surface area contributed by atoms with Crippen molar-refractivity contribution in [2.45, 2.75) is 0 Å². The minimum absolute atomic E-state index is 0.0166. The lowest BCUT2D eigenvalue weighted by Gasteiger charge is -2.18. The number of hydrazone groups is 1. The molecule has 0 saturated carbocycles. The maximum Gasteiger partial charge on any atom is 0.298 e. The molecule has 1 N–H and O–H groups in total. The van der Waals surface area contributed by atoms with Gasteiger partial charge in [0.25, 0.3) is 6.47 Å². The van der Waals surface area contributed by atoms with Crippen molar-refractivity contribution >= 4 is 46.6 Å². The largest absolute Gasteiger partial charge is 0.422 e. The molecule has 0 aliphatic carbocycles. The van der Waals surface area contributed by atoms with Crippen LogP contribution in [0.5, 0.6) is 0 Å². The number of halogens is 3. The molecule has 0 amide bonds. The fraction of sp³-hybridized carbons (Fsp3) is 0. The molecule has 0 aromatic heterocycles. The molecule has 0 unspecified atom stereocenters. The number of nitrogens with zero attached hydrogens (tertiary/aromatic N) is 2. The van der Waals surface area contributed by atoms with E-state index in [1.165, 1.54) is 0 Å². The number of hydrogen-bond donors (Lipinski definition) is 1. The zero-order valence-corrected chi connectivity index (χ0v) is 7.69. The second-order valence-electron chi connectivity index (χ2n) is 1.62. The number of hydrazine groups is 1. The number of hydrogen-bond acceptors (Lipinski definition) is 5. The lowest BCUT2D eigenvalue weighted by Crippen LogP contribution is -2.30. The molecule has 1 rings (SSSR count). The highest BCUT2D eigenvalue weighted by Gasteiger charge is 2.19. The Balaban J connectivity index is 2.88. The lowest BCUT2D eigenvalue weighted by atomic mass is 10.5. The van der Waals surface area contributed by atoms with Gasteiger partial charge in [-0.15, -0.1) is 9.74 Å². The van der Waals surface area contributed by atoms with Gasteiger partial charge in [0, 0.05) is 0 Å². The summed E-state index contributed by atoms with van der Waals surface area (Å²) < 4.78 is 5.18. The van der Waals surface area contributed by atoms with E-state index in [0.717, 1.165) is 4.64 Å². The Morgan fingerprint density at radius 3 is 2.75 bits per heavy atom. The molecule has 1 heterocycles. The number of carbonyl (C=O) groups is 1. The van der Waals surface area contributed by atoms with Gasteiger partial charge in [0.05, 0.1) is 11.8 Å². The first-order valence-corrected chi connectivity index (χ1v) is 3.71. The Morgan fingerprint density at radius 1 is 1.58 bits per heavy atom. The van der Waals surface area contributed by atoms with Gasteiger partial charge in [-0.2, -0.15) is 0 Å². The highest BCUT2D eigenvalue weighted by Crippen LogP contribution is 2.18. The summed E-state index contributed by atoms with van der Waals surface area (Å²) in [6, 6.07) is 0. The molecule has 1 aliphatic rings. The van der Waals surface area contributed by atoms with Gasteiger partial charge in [0.1, 0.15) is 0 Å². The first kappa shape index (κ1) is 9.44. The van der Waals surface area contributed by atoms with E-state index in [1.807, 2.05) is 0 Å². The van der Waals surface area contributed by atoms with Crippen molar-refractivity contribution in [3.63, 3.8) is 0 Å². The van der Waals surface area contributed by atoms with Gasteiger partial charge in [-0.1, -0.05) is 23.2 Å². The third kappa shape index (κ3) is 1.94. The average Bonchev–Trinajstić information content (AvgIpc) is 1.96. The molecule has 0 bridgehead atoms. The van der Waals surface area contributed by atoms with Gasteiger partial charge < -0.3 is 4.74 Å². The van der Waals surface area contributed by atoms with Crippen LogP contribution in [0.3, 0.4) is 0 Å². The first-order valence-electron chi connectivity index (χ1n) is 2.62. The van der Waals surface area contributed by atoms with E-state index in [-0.39, 0.29) is 22.6 Å².